The van der Waals surface area contributed by atoms with Crippen molar-refractivity contribution in [2.45, 2.75) is 77.7 Å². The second kappa shape index (κ2) is 5.79. The molecule has 4 nitrogen and oxygen atoms in total. The molecule has 0 bridgehead atoms. The molecule has 4 rings (SSSR count). The number of ketones is 1. The van der Waals surface area contributed by atoms with Crippen molar-refractivity contribution in [1.82, 2.24) is 4.72 Å². The van der Waals surface area contributed by atoms with Gasteiger partial charge in [0.25, 0.3) is 0 Å². The van der Waals surface area contributed by atoms with Crippen LogP contribution in [0.2, 0.25) is 0 Å². The first-order valence-electron chi connectivity index (χ1n) is 10.1. The van der Waals surface area contributed by atoms with Crippen LogP contribution in [0, 0.1) is 34.5 Å². The fourth-order valence-electron chi connectivity index (χ4n) is 7.44. The molecule has 0 aromatic rings. The van der Waals surface area contributed by atoms with Gasteiger partial charge in [0.2, 0.25) is 10.0 Å². The van der Waals surface area contributed by atoms with E-state index in [9.17, 15) is 13.2 Å². The average Bonchev–Trinajstić information content (AvgIpc) is 2.82. The van der Waals surface area contributed by atoms with Gasteiger partial charge in [-0.2, -0.15) is 0 Å². The zero-order chi connectivity index (χ0) is 18.0. The number of sulfonamides is 1. The Kier molecular flexibility index (Phi) is 4.16. The molecule has 0 aliphatic heterocycles. The van der Waals surface area contributed by atoms with Crippen molar-refractivity contribution in [2.75, 3.05) is 6.26 Å². The topological polar surface area (TPSA) is 63.2 Å². The number of fused-ring (bicyclic) bond motifs is 5. The van der Waals surface area contributed by atoms with Crippen molar-refractivity contribution in [3.63, 3.8) is 0 Å². The molecule has 4 aliphatic rings. The van der Waals surface area contributed by atoms with Crippen molar-refractivity contribution < 1.29 is 13.2 Å². The Bertz CT molecular complexity index is 674. The zero-order valence-corrected chi connectivity index (χ0v) is 16.7. The third-order valence-electron chi connectivity index (χ3n) is 8.76. The fraction of sp³-hybridized carbons (Fsp3) is 0.950. The van der Waals surface area contributed by atoms with Crippen LogP contribution in [0.5, 0.6) is 0 Å². The van der Waals surface area contributed by atoms with Gasteiger partial charge in [0.15, 0.2) is 0 Å². The summed E-state index contributed by atoms with van der Waals surface area (Å²) in [4.78, 5) is 12.5. The SMILES string of the molecule is C[C@]12CC[C@H](NS(C)(=O)=O)C[C@@H]1CC[C@@H]1[C@@H]2CC[C@]2(C)C(=O)CC[C@@H]12. The molecule has 0 aromatic heterocycles. The summed E-state index contributed by atoms with van der Waals surface area (Å²) >= 11 is 0. The van der Waals surface area contributed by atoms with E-state index < -0.39 is 10.0 Å². The molecule has 1 N–H and O–H groups in total. The van der Waals surface area contributed by atoms with Crippen LogP contribution in [0.25, 0.3) is 0 Å². The number of carbonyl (C=O) groups is 1. The van der Waals surface area contributed by atoms with Gasteiger partial charge in [0, 0.05) is 17.9 Å². The van der Waals surface area contributed by atoms with E-state index in [1.165, 1.54) is 25.5 Å². The van der Waals surface area contributed by atoms with E-state index in [0.717, 1.165) is 44.4 Å². The van der Waals surface area contributed by atoms with E-state index in [0.29, 0.717) is 29.0 Å². The van der Waals surface area contributed by atoms with Crippen molar-refractivity contribution in [2.24, 2.45) is 34.5 Å². The lowest BCUT2D eigenvalue weighted by Crippen LogP contribution is -2.55. The molecule has 4 saturated carbocycles. The Morgan fingerprint density at radius 1 is 1.00 bits per heavy atom. The highest BCUT2D eigenvalue weighted by Crippen LogP contribution is 2.65. The van der Waals surface area contributed by atoms with Crippen LogP contribution >= 0.6 is 0 Å². The lowest BCUT2D eigenvalue weighted by atomic mass is 9.45. The minimum atomic E-state index is -3.12. The number of carbonyl (C=O) groups excluding carboxylic acids is 1. The standard InChI is InChI=1S/C20H33NO3S/c1-19-10-8-14(21-25(3,23)24)12-13(19)4-5-15-16-6-7-18(22)20(16,2)11-9-17(15)19/h13-17,21H,4-12H2,1-3H3/t13-,14-,15-,16-,17-,19-,20-/m0/s1. The van der Waals surface area contributed by atoms with E-state index in [1.54, 1.807) is 0 Å². The van der Waals surface area contributed by atoms with Crippen LogP contribution in [-0.2, 0) is 14.8 Å². The summed E-state index contributed by atoms with van der Waals surface area (Å²) < 4.78 is 26.1. The Labute approximate surface area is 152 Å². The molecule has 0 unspecified atom stereocenters. The maximum Gasteiger partial charge on any atom is 0.208 e. The minimum absolute atomic E-state index is 0.0423. The summed E-state index contributed by atoms with van der Waals surface area (Å²) in [6.45, 7) is 4.72. The van der Waals surface area contributed by atoms with E-state index >= 15 is 0 Å². The first-order chi connectivity index (χ1) is 11.6. The van der Waals surface area contributed by atoms with E-state index in [1.807, 2.05) is 0 Å². The van der Waals surface area contributed by atoms with Gasteiger partial charge >= 0.3 is 0 Å². The molecule has 0 spiro atoms. The molecule has 4 fully saturated rings. The fourth-order valence-corrected chi connectivity index (χ4v) is 8.26. The molecular formula is C20H33NO3S. The lowest BCUT2D eigenvalue weighted by Gasteiger charge is -2.60. The summed E-state index contributed by atoms with van der Waals surface area (Å²) in [7, 11) is -3.12. The summed E-state index contributed by atoms with van der Waals surface area (Å²) in [5, 5.41) is 0. The largest absolute Gasteiger partial charge is 0.299 e. The molecule has 0 radical (unpaired) electrons. The molecule has 25 heavy (non-hydrogen) atoms. The van der Waals surface area contributed by atoms with Crippen LogP contribution in [0.3, 0.4) is 0 Å². The first-order valence-corrected chi connectivity index (χ1v) is 12.0. The van der Waals surface area contributed by atoms with Gasteiger partial charge in [-0.25, -0.2) is 13.1 Å². The number of Topliss-reactive ketones (excluding diaryl/α,β-unsaturated/α-hetero) is 1. The molecule has 0 heterocycles. The van der Waals surface area contributed by atoms with Gasteiger partial charge in [-0.05, 0) is 80.5 Å². The van der Waals surface area contributed by atoms with Crippen LogP contribution in [0.4, 0.5) is 0 Å². The predicted octanol–water partition coefficient (Wildman–Crippen LogP) is 3.52. The van der Waals surface area contributed by atoms with Crippen LogP contribution in [-0.4, -0.2) is 26.5 Å². The third kappa shape index (κ3) is 2.80. The lowest BCUT2D eigenvalue weighted by molar-refractivity contribution is -0.139. The highest BCUT2D eigenvalue weighted by molar-refractivity contribution is 7.88. The van der Waals surface area contributed by atoms with Crippen molar-refractivity contribution >= 4 is 15.8 Å². The van der Waals surface area contributed by atoms with Crippen molar-refractivity contribution in [3.8, 4) is 0 Å². The first kappa shape index (κ1) is 18.0. The third-order valence-corrected chi connectivity index (χ3v) is 9.52. The summed E-state index contributed by atoms with van der Waals surface area (Å²) in [6, 6.07) is 0.117. The molecule has 5 heteroatoms. The summed E-state index contributed by atoms with van der Waals surface area (Å²) in [5.74, 6) is 3.19. The number of hydrogen-bond donors (Lipinski definition) is 1. The zero-order valence-electron chi connectivity index (χ0n) is 15.9. The molecular weight excluding hydrogens is 334 g/mol. The van der Waals surface area contributed by atoms with E-state index in [-0.39, 0.29) is 11.5 Å². The number of rotatable bonds is 2. The molecule has 7 atom stereocenters. The van der Waals surface area contributed by atoms with Crippen molar-refractivity contribution in [1.29, 1.82) is 0 Å². The number of hydrogen-bond acceptors (Lipinski definition) is 3. The Morgan fingerprint density at radius 3 is 2.48 bits per heavy atom. The van der Waals surface area contributed by atoms with Gasteiger partial charge < -0.3 is 0 Å². The predicted molar refractivity (Wildman–Crippen MR) is 98.5 cm³/mol. The maximum absolute atomic E-state index is 12.5. The average molecular weight is 368 g/mol. The summed E-state index contributed by atoms with van der Waals surface area (Å²) in [6.07, 6.45) is 11.0. The van der Waals surface area contributed by atoms with Gasteiger partial charge in [0.1, 0.15) is 5.78 Å². The summed E-state index contributed by atoms with van der Waals surface area (Å²) in [5.41, 5.74) is 0.297. The Balaban J connectivity index is 1.54. The minimum Gasteiger partial charge on any atom is -0.299 e. The molecule has 0 saturated heterocycles. The molecule has 0 amide bonds. The van der Waals surface area contributed by atoms with Crippen molar-refractivity contribution in [3.05, 3.63) is 0 Å². The molecule has 4 aliphatic carbocycles. The van der Waals surface area contributed by atoms with Gasteiger partial charge in [-0.1, -0.05) is 13.8 Å². The quantitative estimate of drug-likeness (QED) is 0.812. The normalized spacial score (nSPS) is 50.0. The monoisotopic (exact) mass is 367 g/mol. The van der Waals surface area contributed by atoms with Crippen LogP contribution in [0.15, 0.2) is 0 Å². The van der Waals surface area contributed by atoms with E-state index in [2.05, 4.69) is 18.6 Å². The Morgan fingerprint density at radius 2 is 1.76 bits per heavy atom. The van der Waals surface area contributed by atoms with Crippen LogP contribution < -0.4 is 4.72 Å². The van der Waals surface area contributed by atoms with E-state index in [4.69, 9.17) is 0 Å². The van der Waals surface area contributed by atoms with Crippen LogP contribution in [0.1, 0.15) is 71.6 Å². The van der Waals surface area contributed by atoms with Gasteiger partial charge in [-0.3, -0.25) is 4.79 Å². The second-order valence-electron chi connectivity index (χ2n) is 9.94. The van der Waals surface area contributed by atoms with Gasteiger partial charge in [-0.15, -0.1) is 0 Å². The maximum atomic E-state index is 12.5. The second-order valence-corrected chi connectivity index (χ2v) is 11.7. The Hall–Kier alpha value is -0.420. The highest BCUT2D eigenvalue weighted by Gasteiger charge is 2.60. The molecule has 0 aromatic carbocycles. The number of nitrogens with one attached hydrogen (secondary N) is 1. The smallest absolute Gasteiger partial charge is 0.208 e. The van der Waals surface area contributed by atoms with Gasteiger partial charge in [0.05, 0.1) is 6.26 Å². The molecule has 142 valence electrons. The highest BCUT2D eigenvalue weighted by atomic mass is 32.2.